The average Bonchev–Trinajstić information content (AvgIpc) is 2.76. The summed E-state index contributed by atoms with van der Waals surface area (Å²) < 4.78 is 10.2. The summed E-state index contributed by atoms with van der Waals surface area (Å²) in [5.41, 5.74) is 0.748. The molecular weight excluding hydrogens is 182 g/mol. The first kappa shape index (κ1) is 8.97. The Morgan fingerprint density at radius 3 is 3.00 bits per heavy atom. The summed E-state index contributed by atoms with van der Waals surface area (Å²) in [6.07, 6.45) is 2.84. The van der Waals surface area contributed by atoms with Gasteiger partial charge in [-0.2, -0.15) is 5.26 Å². The highest BCUT2D eigenvalue weighted by atomic mass is 16.5. The zero-order valence-electron chi connectivity index (χ0n) is 7.69. The molecule has 2 bridgehead atoms. The maximum Gasteiger partial charge on any atom is 0.338 e. The van der Waals surface area contributed by atoms with Crippen LogP contribution < -0.4 is 0 Å². The fraction of sp³-hybridized carbons (Fsp3) is 0.400. The van der Waals surface area contributed by atoms with Crippen LogP contribution in [0.4, 0.5) is 0 Å². The molecule has 2 aliphatic rings. The van der Waals surface area contributed by atoms with Crippen molar-refractivity contribution in [1.29, 1.82) is 5.26 Å². The van der Waals surface area contributed by atoms with Gasteiger partial charge in [-0.05, 0) is 6.92 Å². The lowest BCUT2D eigenvalue weighted by molar-refractivity contribution is -0.139. The minimum absolute atomic E-state index is 0.308. The maximum absolute atomic E-state index is 11.5. The van der Waals surface area contributed by atoms with Gasteiger partial charge in [0.15, 0.2) is 0 Å². The molecule has 0 radical (unpaired) electrons. The molecule has 0 amide bonds. The molecule has 72 valence electrons. The normalized spacial score (nSPS) is 28.0. The fourth-order valence-electron chi connectivity index (χ4n) is 1.64. The first-order valence-electron chi connectivity index (χ1n) is 4.43. The predicted octanol–water partition coefficient (Wildman–Crippen LogP) is 0.707. The molecule has 0 spiro atoms. The second kappa shape index (κ2) is 3.28. The molecule has 0 saturated carbocycles. The van der Waals surface area contributed by atoms with Gasteiger partial charge in [0.25, 0.3) is 0 Å². The largest absolute Gasteiger partial charge is 0.463 e. The van der Waals surface area contributed by atoms with E-state index in [-0.39, 0.29) is 12.2 Å². The highest BCUT2D eigenvalue weighted by Gasteiger charge is 2.40. The van der Waals surface area contributed by atoms with Crippen LogP contribution in [0.15, 0.2) is 23.3 Å². The summed E-state index contributed by atoms with van der Waals surface area (Å²) in [6, 6.07) is 1.99. The van der Waals surface area contributed by atoms with E-state index in [9.17, 15) is 4.79 Å². The number of rotatable bonds is 2. The molecule has 0 aromatic heterocycles. The van der Waals surface area contributed by atoms with Gasteiger partial charge < -0.3 is 9.47 Å². The Kier molecular flexibility index (Phi) is 2.10. The Hall–Kier alpha value is -1.60. The van der Waals surface area contributed by atoms with E-state index >= 15 is 0 Å². The maximum atomic E-state index is 11.5. The van der Waals surface area contributed by atoms with Crippen molar-refractivity contribution < 1.29 is 14.3 Å². The molecule has 4 heteroatoms. The van der Waals surface area contributed by atoms with Crippen LogP contribution in [-0.2, 0) is 14.3 Å². The van der Waals surface area contributed by atoms with Gasteiger partial charge in [0.05, 0.1) is 23.8 Å². The van der Waals surface area contributed by atoms with Crippen molar-refractivity contribution in [3.05, 3.63) is 23.3 Å². The van der Waals surface area contributed by atoms with Crippen LogP contribution in [0.25, 0.3) is 0 Å². The van der Waals surface area contributed by atoms with Gasteiger partial charge in [0, 0.05) is 0 Å². The Bertz CT molecular complexity index is 375. The van der Waals surface area contributed by atoms with E-state index in [1.807, 2.05) is 6.07 Å². The van der Waals surface area contributed by atoms with Crippen LogP contribution in [0.3, 0.4) is 0 Å². The van der Waals surface area contributed by atoms with Crippen LogP contribution in [0.1, 0.15) is 6.92 Å². The second-order valence-electron chi connectivity index (χ2n) is 3.02. The first-order chi connectivity index (χ1) is 6.77. The molecule has 2 heterocycles. The smallest absolute Gasteiger partial charge is 0.338 e. The molecule has 0 saturated heterocycles. The Balaban J connectivity index is 2.29. The van der Waals surface area contributed by atoms with Crippen molar-refractivity contribution in [2.45, 2.75) is 19.1 Å². The number of carbonyl (C=O) groups is 1. The predicted molar refractivity (Wildman–Crippen MR) is 47.1 cm³/mol. The van der Waals surface area contributed by atoms with Gasteiger partial charge in [-0.15, -0.1) is 0 Å². The minimum atomic E-state index is -0.444. The highest BCUT2D eigenvalue weighted by Crippen LogP contribution is 2.34. The Morgan fingerprint density at radius 2 is 2.36 bits per heavy atom. The third kappa shape index (κ3) is 1.14. The topological polar surface area (TPSA) is 59.3 Å². The van der Waals surface area contributed by atoms with Gasteiger partial charge in [-0.25, -0.2) is 4.79 Å². The summed E-state index contributed by atoms with van der Waals surface area (Å²) in [7, 11) is 0. The SMILES string of the molecule is CCOC(=O)C1=C(C#N)C2C=CC1O2. The molecule has 0 N–H and O–H groups in total. The number of carbonyl (C=O) groups excluding carboxylic acids is 1. The monoisotopic (exact) mass is 191 g/mol. The second-order valence-corrected chi connectivity index (χ2v) is 3.02. The molecule has 2 unspecified atom stereocenters. The third-order valence-corrected chi connectivity index (χ3v) is 2.23. The summed E-state index contributed by atoms with van der Waals surface area (Å²) in [5.74, 6) is -0.444. The quantitative estimate of drug-likeness (QED) is 0.476. The van der Waals surface area contributed by atoms with E-state index in [0.29, 0.717) is 17.8 Å². The van der Waals surface area contributed by atoms with E-state index in [1.165, 1.54) is 0 Å². The Morgan fingerprint density at radius 1 is 1.64 bits per heavy atom. The zero-order valence-corrected chi connectivity index (χ0v) is 7.69. The summed E-state index contributed by atoms with van der Waals surface area (Å²) >= 11 is 0. The summed E-state index contributed by atoms with van der Waals surface area (Å²) in [5, 5.41) is 8.85. The van der Waals surface area contributed by atoms with Crippen molar-refractivity contribution in [2.75, 3.05) is 6.61 Å². The molecular formula is C10H9NO3. The molecule has 0 fully saturated rings. The van der Waals surface area contributed by atoms with Crippen molar-refractivity contribution in [2.24, 2.45) is 0 Å². The van der Waals surface area contributed by atoms with E-state index in [4.69, 9.17) is 14.7 Å². The van der Waals surface area contributed by atoms with Crippen LogP contribution in [0.2, 0.25) is 0 Å². The molecule has 0 aromatic carbocycles. The number of esters is 1. The molecule has 2 rings (SSSR count). The number of ether oxygens (including phenoxy) is 2. The summed E-state index contributed by atoms with van der Waals surface area (Å²) in [4.78, 5) is 11.5. The lowest BCUT2D eigenvalue weighted by Gasteiger charge is -2.07. The number of hydrogen-bond acceptors (Lipinski definition) is 4. The van der Waals surface area contributed by atoms with Crippen LogP contribution in [0, 0.1) is 11.3 Å². The van der Waals surface area contributed by atoms with E-state index in [2.05, 4.69) is 0 Å². The Labute approximate surface area is 81.4 Å². The number of fused-ring (bicyclic) bond motifs is 2. The van der Waals surface area contributed by atoms with Crippen LogP contribution in [-0.4, -0.2) is 24.8 Å². The van der Waals surface area contributed by atoms with Crippen LogP contribution >= 0.6 is 0 Å². The lowest BCUT2D eigenvalue weighted by atomic mass is 9.98. The molecule has 0 aliphatic carbocycles. The first-order valence-corrected chi connectivity index (χ1v) is 4.43. The van der Waals surface area contributed by atoms with Crippen molar-refractivity contribution in [3.8, 4) is 6.07 Å². The van der Waals surface area contributed by atoms with E-state index in [1.54, 1.807) is 19.1 Å². The minimum Gasteiger partial charge on any atom is -0.463 e. The number of nitrogens with zero attached hydrogens (tertiary/aromatic N) is 1. The van der Waals surface area contributed by atoms with Gasteiger partial charge in [-0.3, -0.25) is 0 Å². The van der Waals surface area contributed by atoms with Crippen molar-refractivity contribution in [3.63, 3.8) is 0 Å². The van der Waals surface area contributed by atoms with Crippen molar-refractivity contribution in [1.82, 2.24) is 0 Å². The molecule has 14 heavy (non-hydrogen) atoms. The lowest BCUT2D eigenvalue weighted by Crippen LogP contribution is -2.17. The molecule has 4 nitrogen and oxygen atoms in total. The average molecular weight is 191 g/mol. The summed E-state index contributed by atoms with van der Waals surface area (Å²) in [6.45, 7) is 2.04. The number of hydrogen-bond donors (Lipinski definition) is 0. The number of nitriles is 1. The van der Waals surface area contributed by atoms with Gasteiger partial charge >= 0.3 is 5.97 Å². The zero-order chi connectivity index (χ0) is 10.1. The third-order valence-electron chi connectivity index (χ3n) is 2.23. The van der Waals surface area contributed by atoms with Gasteiger partial charge in [0.1, 0.15) is 12.2 Å². The molecule has 0 aromatic rings. The fourth-order valence-corrected chi connectivity index (χ4v) is 1.64. The van der Waals surface area contributed by atoms with Crippen LogP contribution in [0.5, 0.6) is 0 Å². The highest BCUT2D eigenvalue weighted by molar-refractivity contribution is 5.93. The molecule has 2 aliphatic heterocycles. The van der Waals surface area contributed by atoms with Gasteiger partial charge in [0.2, 0.25) is 0 Å². The van der Waals surface area contributed by atoms with E-state index < -0.39 is 5.97 Å². The van der Waals surface area contributed by atoms with Gasteiger partial charge in [-0.1, -0.05) is 12.2 Å². The standard InChI is InChI=1S/C10H9NO3/c1-2-13-10(12)9-6(5-11)7-3-4-8(9)14-7/h3-4,7-8H,2H2,1H3. The van der Waals surface area contributed by atoms with Crippen molar-refractivity contribution >= 4 is 5.97 Å². The van der Waals surface area contributed by atoms with E-state index in [0.717, 1.165) is 0 Å². The molecule has 2 atom stereocenters.